The van der Waals surface area contributed by atoms with E-state index in [0.717, 1.165) is 5.56 Å². The Morgan fingerprint density at radius 3 is 2.76 bits per heavy atom. The quantitative estimate of drug-likeness (QED) is 0.551. The Labute approximate surface area is 165 Å². The molecule has 0 atom stereocenters. The molecule has 0 aliphatic carbocycles. The van der Waals surface area contributed by atoms with Crippen molar-refractivity contribution in [1.82, 2.24) is 15.1 Å². The lowest BCUT2D eigenvalue weighted by Crippen LogP contribution is -2.21. The van der Waals surface area contributed by atoms with E-state index in [-0.39, 0.29) is 24.1 Å². The topological polar surface area (TPSA) is 90.1 Å². The molecule has 2 heterocycles. The predicted molar refractivity (Wildman–Crippen MR) is 105 cm³/mol. The number of nitrogens with zero attached hydrogens (tertiary/aromatic N) is 3. The van der Waals surface area contributed by atoms with Gasteiger partial charge in [0.2, 0.25) is 5.88 Å². The Bertz CT molecular complexity index is 1210. The fourth-order valence-corrected chi connectivity index (χ4v) is 2.90. The van der Waals surface area contributed by atoms with Crippen LogP contribution in [0.4, 0.5) is 10.1 Å². The largest absolute Gasteiger partial charge is 0.467 e. The smallest absolute Gasteiger partial charge is 0.265 e. The molecule has 4 aromatic rings. The maximum Gasteiger partial charge on any atom is 0.265 e. The molecular formula is C21H17FN4O3. The second-order valence-corrected chi connectivity index (χ2v) is 6.45. The van der Waals surface area contributed by atoms with E-state index >= 15 is 0 Å². The van der Waals surface area contributed by atoms with E-state index in [2.05, 4.69) is 20.4 Å². The van der Waals surface area contributed by atoms with Gasteiger partial charge in [-0.05, 0) is 37.6 Å². The molecule has 2 aromatic carbocycles. The first kappa shape index (κ1) is 18.5. The van der Waals surface area contributed by atoms with Gasteiger partial charge in [-0.3, -0.25) is 4.79 Å². The number of aromatic nitrogens is 3. The predicted octanol–water partition coefficient (Wildman–Crippen LogP) is 4.06. The van der Waals surface area contributed by atoms with Gasteiger partial charge in [-0.2, -0.15) is 9.97 Å². The number of ether oxygens (including phenoxy) is 1. The minimum atomic E-state index is -0.410. The summed E-state index contributed by atoms with van der Waals surface area (Å²) in [6, 6.07) is 13.3. The first-order chi connectivity index (χ1) is 14.0. The highest BCUT2D eigenvalue weighted by Crippen LogP contribution is 2.33. The number of amides is 1. The molecule has 29 heavy (non-hydrogen) atoms. The molecule has 0 aliphatic heterocycles. The Balaban J connectivity index is 1.62. The standard InChI is InChI=1S/C21H17FN4O3/c1-12-6-3-4-9-16(12)25-17(27)11-28-20-18-19(14-7-5-8-15(22)10-14)26-29-21(18)24-13(2)23-20/h3-10H,11H2,1-2H3,(H,25,27). The highest BCUT2D eigenvalue weighted by molar-refractivity contribution is 5.95. The maximum atomic E-state index is 13.6. The van der Waals surface area contributed by atoms with Crippen LogP contribution in [0, 0.1) is 19.7 Å². The molecule has 146 valence electrons. The van der Waals surface area contributed by atoms with Gasteiger partial charge in [0.25, 0.3) is 11.6 Å². The van der Waals surface area contributed by atoms with Crippen LogP contribution in [0.15, 0.2) is 53.1 Å². The Morgan fingerprint density at radius 1 is 1.14 bits per heavy atom. The molecule has 0 saturated carbocycles. The van der Waals surface area contributed by atoms with Gasteiger partial charge in [0.05, 0.1) is 0 Å². The Hall–Kier alpha value is -3.81. The third-order valence-corrected chi connectivity index (χ3v) is 4.27. The van der Waals surface area contributed by atoms with E-state index in [1.54, 1.807) is 19.1 Å². The summed E-state index contributed by atoms with van der Waals surface area (Å²) in [5.41, 5.74) is 2.68. The second kappa shape index (κ2) is 7.67. The number of fused-ring (bicyclic) bond motifs is 1. The number of para-hydroxylation sites is 1. The Kier molecular flexibility index (Phi) is 4.90. The number of halogens is 1. The van der Waals surface area contributed by atoms with Crippen LogP contribution in [0.25, 0.3) is 22.4 Å². The van der Waals surface area contributed by atoms with Gasteiger partial charge in [-0.1, -0.05) is 35.5 Å². The number of nitrogens with one attached hydrogen (secondary N) is 1. The molecule has 0 bridgehead atoms. The van der Waals surface area contributed by atoms with Crippen LogP contribution in [-0.4, -0.2) is 27.6 Å². The number of carbonyl (C=O) groups is 1. The van der Waals surface area contributed by atoms with E-state index in [1.165, 1.54) is 12.1 Å². The zero-order chi connectivity index (χ0) is 20.4. The number of hydrogen-bond donors (Lipinski definition) is 1. The zero-order valence-electron chi connectivity index (χ0n) is 15.8. The molecule has 2 aromatic heterocycles. The van der Waals surface area contributed by atoms with Gasteiger partial charge < -0.3 is 14.6 Å². The minimum absolute atomic E-state index is 0.146. The van der Waals surface area contributed by atoms with Gasteiger partial charge in [0.1, 0.15) is 22.7 Å². The summed E-state index contributed by atoms with van der Waals surface area (Å²) in [5, 5.41) is 7.16. The van der Waals surface area contributed by atoms with Crippen molar-refractivity contribution in [1.29, 1.82) is 0 Å². The molecule has 0 spiro atoms. The molecule has 0 saturated heterocycles. The van der Waals surface area contributed by atoms with Crippen LogP contribution in [0.1, 0.15) is 11.4 Å². The third kappa shape index (κ3) is 3.91. The monoisotopic (exact) mass is 392 g/mol. The minimum Gasteiger partial charge on any atom is -0.467 e. The lowest BCUT2D eigenvalue weighted by atomic mass is 10.1. The SMILES string of the molecule is Cc1nc(OCC(=O)Nc2ccccc2C)c2c(-c3cccc(F)c3)noc2n1. The van der Waals surface area contributed by atoms with Gasteiger partial charge >= 0.3 is 0 Å². The summed E-state index contributed by atoms with van der Waals surface area (Å²) in [7, 11) is 0. The van der Waals surface area contributed by atoms with E-state index in [0.29, 0.717) is 28.2 Å². The number of rotatable bonds is 5. The summed E-state index contributed by atoms with van der Waals surface area (Å²) in [4.78, 5) is 20.8. The van der Waals surface area contributed by atoms with Crippen LogP contribution in [-0.2, 0) is 4.79 Å². The lowest BCUT2D eigenvalue weighted by molar-refractivity contribution is -0.118. The summed E-state index contributed by atoms with van der Waals surface area (Å²) in [5.74, 6) is -0.207. The van der Waals surface area contributed by atoms with Gasteiger partial charge in [0.15, 0.2) is 6.61 Å². The van der Waals surface area contributed by atoms with Gasteiger partial charge in [0, 0.05) is 11.3 Å². The van der Waals surface area contributed by atoms with E-state index < -0.39 is 5.82 Å². The summed E-state index contributed by atoms with van der Waals surface area (Å²) in [6.07, 6.45) is 0. The molecule has 0 fully saturated rings. The number of benzene rings is 2. The average molecular weight is 392 g/mol. The number of anilines is 1. The second-order valence-electron chi connectivity index (χ2n) is 6.45. The first-order valence-electron chi connectivity index (χ1n) is 8.89. The molecule has 7 nitrogen and oxygen atoms in total. The van der Waals surface area contributed by atoms with E-state index in [4.69, 9.17) is 9.26 Å². The molecule has 8 heteroatoms. The van der Waals surface area contributed by atoms with E-state index in [1.807, 2.05) is 31.2 Å². The molecule has 1 N–H and O–H groups in total. The van der Waals surface area contributed by atoms with Crippen LogP contribution in [0.5, 0.6) is 5.88 Å². The van der Waals surface area contributed by atoms with Crippen molar-refractivity contribution in [2.75, 3.05) is 11.9 Å². The third-order valence-electron chi connectivity index (χ3n) is 4.27. The Morgan fingerprint density at radius 2 is 1.97 bits per heavy atom. The molecule has 1 amide bonds. The summed E-state index contributed by atoms with van der Waals surface area (Å²) in [6.45, 7) is 3.30. The molecule has 0 aliphatic rings. The first-order valence-corrected chi connectivity index (χ1v) is 8.89. The van der Waals surface area contributed by atoms with Crippen molar-refractivity contribution in [3.63, 3.8) is 0 Å². The normalized spacial score (nSPS) is 10.9. The van der Waals surface area contributed by atoms with Crippen LogP contribution >= 0.6 is 0 Å². The fraction of sp³-hybridized carbons (Fsp3) is 0.143. The van der Waals surface area contributed by atoms with Crippen molar-refractivity contribution in [3.05, 3.63) is 65.7 Å². The molecule has 0 radical (unpaired) electrons. The maximum absolute atomic E-state index is 13.6. The zero-order valence-corrected chi connectivity index (χ0v) is 15.8. The van der Waals surface area contributed by atoms with Crippen molar-refractivity contribution >= 4 is 22.7 Å². The van der Waals surface area contributed by atoms with Crippen molar-refractivity contribution in [2.45, 2.75) is 13.8 Å². The van der Waals surface area contributed by atoms with Crippen molar-refractivity contribution in [3.8, 4) is 17.1 Å². The number of aryl methyl sites for hydroxylation is 2. The number of carbonyl (C=O) groups excluding carboxylic acids is 1. The van der Waals surface area contributed by atoms with Crippen LogP contribution in [0.2, 0.25) is 0 Å². The summed E-state index contributed by atoms with van der Waals surface area (Å²) >= 11 is 0. The summed E-state index contributed by atoms with van der Waals surface area (Å²) < 4.78 is 24.6. The van der Waals surface area contributed by atoms with Gasteiger partial charge in [-0.25, -0.2) is 4.39 Å². The molecular weight excluding hydrogens is 375 g/mol. The fourth-order valence-electron chi connectivity index (χ4n) is 2.90. The average Bonchev–Trinajstić information content (AvgIpc) is 3.12. The molecule has 0 unspecified atom stereocenters. The van der Waals surface area contributed by atoms with Crippen LogP contribution < -0.4 is 10.1 Å². The highest BCUT2D eigenvalue weighted by Gasteiger charge is 2.20. The number of hydrogen-bond acceptors (Lipinski definition) is 6. The van der Waals surface area contributed by atoms with Crippen LogP contribution in [0.3, 0.4) is 0 Å². The highest BCUT2D eigenvalue weighted by atomic mass is 19.1. The molecule has 4 rings (SSSR count). The van der Waals surface area contributed by atoms with Crippen molar-refractivity contribution in [2.24, 2.45) is 0 Å². The van der Waals surface area contributed by atoms with E-state index in [9.17, 15) is 9.18 Å². The van der Waals surface area contributed by atoms with Gasteiger partial charge in [-0.15, -0.1) is 0 Å². The lowest BCUT2D eigenvalue weighted by Gasteiger charge is -2.10. The van der Waals surface area contributed by atoms with Crippen molar-refractivity contribution < 1.29 is 18.4 Å².